The maximum Gasteiger partial charge on any atom is 0.240 e. The normalized spacial score (nSPS) is 18.3. The van der Waals surface area contributed by atoms with Gasteiger partial charge in [-0.2, -0.15) is 0 Å². The fraction of sp³-hybridized carbons (Fsp3) is 0.600. The Hall–Kier alpha value is -0.390. The average molecular weight is 360 g/mol. The van der Waals surface area contributed by atoms with Crippen LogP contribution in [0.1, 0.15) is 44.6 Å². The topological polar surface area (TPSA) is 46.2 Å². The Morgan fingerprint density at radius 2 is 1.80 bits per heavy atom. The van der Waals surface area contributed by atoms with Gasteiger partial charge in [0.15, 0.2) is 0 Å². The van der Waals surface area contributed by atoms with Crippen LogP contribution < -0.4 is 4.72 Å². The number of hydrogen-bond donors (Lipinski definition) is 1. The zero-order chi connectivity index (χ0) is 14.6. The minimum atomic E-state index is -3.39. The summed E-state index contributed by atoms with van der Waals surface area (Å²) in [6.07, 6.45) is 5.74. The Morgan fingerprint density at radius 3 is 2.30 bits per heavy atom. The Labute approximate surface area is 130 Å². The van der Waals surface area contributed by atoms with Gasteiger partial charge in [0, 0.05) is 11.9 Å². The van der Waals surface area contributed by atoms with E-state index in [1.54, 1.807) is 12.1 Å². The lowest BCUT2D eigenvalue weighted by Gasteiger charge is -2.27. The van der Waals surface area contributed by atoms with Crippen LogP contribution in [0.4, 0.5) is 0 Å². The highest BCUT2D eigenvalue weighted by Gasteiger charge is 2.33. The van der Waals surface area contributed by atoms with Crippen molar-refractivity contribution in [1.29, 1.82) is 0 Å². The number of benzene rings is 1. The monoisotopic (exact) mass is 359 g/mol. The molecule has 112 valence electrons. The molecule has 0 spiro atoms. The quantitative estimate of drug-likeness (QED) is 0.784. The minimum absolute atomic E-state index is 0.170. The summed E-state index contributed by atoms with van der Waals surface area (Å²) in [5.41, 5.74) is 1.24. The van der Waals surface area contributed by atoms with E-state index in [-0.39, 0.29) is 5.41 Å². The maximum absolute atomic E-state index is 12.3. The summed E-state index contributed by atoms with van der Waals surface area (Å²) < 4.78 is 27.5. The van der Waals surface area contributed by atoms with Gasteiger partial charge in [-0.15, -0.1) is 0 Å². The minimum Gasteiger partial charge on any atom is -0.211 e. The zero-order valence-electron chi connectivity index (χ0n) is 11.9. The summed E-state index contributed by atoms with van der Waals surface area (Å²) in [5, 5.41) is 0.736. The van der Waals surface area contributed by atoms with E-state index in [4.69, 9.17) is 0 Å². The van der Waals surface area contributed by atoms with Crippen molar-refractivity contribution in [2.45, 2.75) is 49.3 Å². The molecule has 3 nitrogen and oxygen atoms in total. The molecule has 1 aliphatic rings. The van der Waals surface area contributed by atoms with Crippen LogP contribution in [0, 0.1) is 5.41 Å². The summed E-state index contributed by atoms with van der Waals surface area (Å²) in [4.78, 5) is 0.353. The highest BCUT2D eigenvalue weighted by Crippen LogP contribution is 2.40. The Balaban J connectivity index is 2.06. The van der Waals surface area contributed by atoms with Gasteiger partial charge in [0.1, 0.15) is 0 Å². The fourth-order valence-electron chi connectivity index (χ4n) is 2.87. The number of halogens is 1. The number of sulfonamides is 1. The predicted octanol–water partition coefficient (Wildman–Crippen LogP) is 3.83. The smallest absolute Gasteiger partial charge is 0.211 e. The van der Waals surface area contributed by atoms with E-state index in [1.165, 1.54) is 12.8 Å². The second-order valence-electron chi connectivity index (χ2n) is 5.66. The largest absolute Gasteiger partial charge is 0.240 e. The van der Waals surface area contributed by atoms with Crippen LogP contribution in [0.3, 0.4) is 0 Å². The number of rotatable bonds is 6. The van der Waals surface area contributed by atoms with Crippen molar-refractivity contribution in [2.75, 3.05) is 6.54 Å². The Kier molecular flexibility index (Phi) is 5.26. The molecular weight excluding hydrogens is 338 g/mol. The summed E-state index contributed by atoms with van der Waals surface area (Å²) in [6.45, 7) is 2.72. The van der Waals surface area contributed by atoms with Crippen LogP contribution >= 0.6 is 15.9 Å². The van der Waals surface area contributed by atoms with Crippen LogP contribution in [0.5, 0.6) is 0 Å². The Morgan fingerprint density at radius 1 is 1.20 bits per heavy atom. The molecule has 1 saturated carbocycles. The lowest BCUT2D eigenvalue weighted by molar-refractivity contribution is 0.285. The van der Waals surface area contributed by atoms with Gasteiger partial charge < -0.3 is 0 Å². The summed E-state index contributed by atoms with van der Waals surface area (Å²) in [7, 11) is -3.39. The van der Waals surface area contributed by atoms with Gasteiger partial charge in [0.2, 0.25) is 10.0 Å². The van der Waals surface area contributed by atoms with Gasteiger partial charge in [0.05, 0.1) is 4.90 Å². The molecule has 0 bridgehead atoms. The molecule has 1 N–H and O–H groups in total. The van der Waals surface area contributed by atoms with E-state index in [0.717, 1.165) is 30.2 Å². The molecule has 0 aliphatic heterocycles. The SMILES string of the molecule is CCC1(CNS(=O)(=O)c2ccc(CBr)cc2)CCCC1. The van der Waals surface area contributed by atoms with Crippen LogP contribution in [-0.2, 0) is 15.4 Å². The van der Waals surface area contributed by atoms with Gasteiger partial charge in [0.25, 0.3) is 0 Å². The third kappa shape index (κ3) is 3.62. The average Bonchev–Trinajstić information content (AvgIpc) is 2.95. The molecule has 20 heavy (non-hydrogen) atoms. The van der Waals surface area contributed by atoms with E-state index in [9.17, 15) is 8.42 Å². The van der Waals surface area contributed by atoms with Gasteiger partial charge in [-0.05, 0) is 42.4 Å². The van der Waals surface area contributed by atoms with Crippen molar-refractivity contribution in [1.82, 2.24) is 4.72 Å². The maximum atomic E-state index is 12.3. The highest BCUT2D eigenvalue weighted by atomic mass is 79.9. The van der Waals surface area contributed by atoms with Crippen LogP contribution in [0.15, 0.2) is 29.2 Å². The van der Waals surface area contributed by atoms with Gasteiger partial charge in [-0.3, -0.25) is 0 Å². The molecule has 1 aromatic rings. The molecule has 0 heterocycles. The van der Waals surface area contributed by atoms with E-state index in [0.29, 0.717) is 11.4 Å². The zero-order valence-corrected chi connectivity index (χ0v) is 14.3. The second kappa shape index (κ2) is 6.58. The molecule has 1 fully saturated rings. The molecule has 0 unspecified atom stereocenters. The summed E-state index contributed by atoms with van der Waals surface area (Å²) in [5.74, 6) is 0. The number of nitrogens with one attached hydrogen (secondary N) is 1. The molecule has 0 aromatic heterocycles. The lowest BCUT2D eigenvalue weighted by atomic mass is 9.84. The number of hydrogen-bond acceptors (Lipinski definition) is 2. The third-order valence-corrected chi connectivity index (χ3v) is 6.50. The molecule has 0 saturated heterocycles. The van der Waals surface area contributed by atoms with Crippen LogP contribution in [0.2, 0.25) is 0 Å². The van der Waals surface area contributed by atoms with E-state index in [2.05, 4.69) is 27.6 Å². The molecule has 2 rings (SSSR count). The Bertz CT molecular complexity index is 533. The van der Waals surface area contributed by atoms with Crippen LogP contribution in [0.25, 0.3) is 0 Å². The summed E-state index contributed by atoms with van der Waals surface area (Å²) in [6, 6.07) is 7.03. The molecule has 1 aromatic carbocycles. The first kappa shape index (κ1) is 16.0. The summed E-state index contributed by atoms with van der Waals surface area (Å²) >= 11 is 3.36. The van der Waals surface area contributed by atoms with Crippen molar-refractivity contribution in [3.8, 4) is 0 Å². The third-order valence-electron chi connectivity index (χ3n) is 4.44. The van der Waals surface area contributed by atoms with E-state index < -0.39 is 10.0 Å². The highest BCUT2D eigenvalue weighted by molar-refractivity contribution is 9.08. The number of alkyl halides is 1. The fourth-order valence-corrected chi connectivity index (χ4v) is 4.40. The van der Waals surface area contributed by atoms with Crippen molar-refractivity contribution in [3.63, 3.8) is 0 Å². The molecule has 1 aliphatic carbocycles. The van der Waals surface area contributed by atoms with Crippen LogP contribution in [-0.4, -0.2) is 15.0 Å². The van der Waals surface area contributed by atoms with Crippen molar-refractivity contribution in [2.24, 2.45) is 5.41 Å². The van der Waals surface area contributed by atoms with E-state index >= 15 is 0 Å². The lowest BCUT2D eigenvalue weighted by Crippen LogP contribution is -2.35. The predicted molar refractivity (Wildman–Crippen MR) is 85.5 cm³/mol. The first-order valence-electron chi connectivity index (χ1n) is 7.16. The van der Waals surface area contributed by atoms with Crippen molar-refractivity contribution in [3.05, 3.63) is 29.8 Å². The molecule has 0 amide bonds. The van der Waals surface area contributed by atoms with Crippen molar-refractivity contribution >= 4 is 26.0 Å². The first-order valence-corrected chi connectivity index (χ1v) is 9.76. The molecule has 0 atom stereocenters. The molecule has 0 radical (unpaired) electrons. The van der Waals surface area contributed by atoms with Crippen molar-refractivity contribution < 1.29 is 8.42 Å². The molecular formula is C15H22BrNO2S. The second-order valence-corrected chi connectivity index (χ2v) is 7.99. The van der Waals surface area contributed by atoms with Gasteiger partial charge >= 0.3 is 0 Å². The van der Waals surface area contributed by atoms with E-state index in [1.807, 2.05) is 12.1 Å². The van der Waals surface area contributed by atoms with Gasteiger partial charge in [-0.1, -0.05) is 47.8 Å². The standard InChI is InChI=1S/C15H22BrNO2S/c1-2-15(9-3-4-10-15)12-17-20(18,19)14-7-5-13(11-16)6-8-14/h5-8,17H,2-4,9-12H2,1H3. The molecule has 5 heteroatoms. The van der Waals surface area contributed by atoms with Gasteiger partial charge in [-0.25, -0.2) is 13.1 Å². The first-order chi connectivity index (χ1) is 9.51.